The van der Waals surface area contributed by atoms with E-state index in [1.165, 1.54) is 24.3 Å². The number of aliphatic hydroxyl groups is 4. The Labute approximate surface area is 231 Å². The normalized spacial score (nSPS) is 24.3. The first-order chi connectivity index (χ1) is 18.5. The molecule has 2 rings (SSSR count). The fourth-order valence-corrected chi connectivity index (χ4v) is 4.23. The van der Waals surface area contributed by atoms with Crippen LogP contribution in [-0.4, -0.2) is 99.3 Å². The van der Waals surface area contributed by atoms with Gasteiger partial charge in [-0.15, -0.1) is 12.3 Å². The zero-order valence-electron chi connectivity index (χ0n) is 21.3. The van der Waals surface area contributed by atoms with Gasteiger partial charge in [-0.1, -0.05) is 24.4 Å². The molecule has 39 heavy (non-hydrogen) atoms. The van der Waals surface area contributed by atoms with Crippen LogP contribution in [0, 0.1) is 12.3 Å². The highest BCUT2D eigenvalue weighted by atomic mass is 35.5. The monoisotopic (exact) mass is 570 g/mol. The molecule has 1 saturated heterocycles. The molecule has 1 heterocycles. The van der Waals surface area contributed by atoms with E-state index in [1.807, 2.05) is 0 Å². The first kappa shape index (κ1) is 32.5. The van der Waals surface area contributed by atoms with E-state index in [0.29, 0.717) is 24.3 Å². The van der Waals surface area contributed by atoms with Gasteiger partial charge in [-0.2, -0.15) is 0 Å². The third kappa shape index (κ3) is 9.44. The van der Waals surface area contributed by atoms with Crippen LogP contribution in [0.5, 0.6) is 0 Å². The molecule has 13 heteroatoms. The Hall–Kier alpha value is -2.76. The molecule has 2 amide bonds. The second kappa shape index (κ2) is 15.7. The van der Waals surface area contributed by atoms with Gasteiger partial charge in [0.05, 0.1) is 24.9 Å². The molecule has 216 valence electrons. The molecular formula is C26H35ClN2O10. The molecule has 1 aliphatic heterocycles. The van der Waals surface area contributed by atoms with E-state index in [-0.39, 0.29) is 12.2 Å². The minimum absolute atomic E-state index is 0.0503. The Morgan fingerprint density at radius 3 is 2.46 bits per heavy atom. The first-order valence-corrected chi connectivity index (χ1v) is 12.9. The lowest BCUT2D eigenvalue weighted by Crippen LogP contribution is -2.68. The standard InChI is InChI=1S/C26H35ClN2O10/c1-2-3-4-5-6-7-12-38-26(25(36)37)13-18(31)21(29-20(33)15-30)23(39-26)22(34)19(32)14-28-24(35)16-8-10-17(27)11-9-16/h1,8-11,18-19,21-23,30-32,34H,3-7,12-15H2,(H,28,35)(H,29,33)(H,36,37)/t18-,19+,21+,22+,23+,26+/m0/s1. The van der Waals surface area contributed by atoms with Gasteiger partial charge in [-0.25, -0.2) is 4.79 Å². The Morgan fingerprint density at radius 2 is 1.85 bits per heavy atom. The molecular weight excluding hydrogens is 536 g/mol. The Kier molecular flexibility index (Phi) is 13.1. The number of aliphatic carboxylic acids is 1. The zero-order valence-corrected chi connectivity index (χ0v) is 22.0. The number of rotatable bonds is 15. The number of carboxylic acids is 1. The van der Waals surface area contributed by atoms with Gasteiger partial charge in [0.2, 0.25) is 5.91 Å². The number of benzene rings is 1. The molecule has 7 N–H and O–H groups in total. The average molecular weight is 571 g/mol. The lowest BCUT2D eigenvalue weighted by atomic mass is 9.88. The molecule has 0 radical (unpaired) electrons. The third-order valence-electron chi connectivity index (χ3n) is 6.23. The number of carbonyl (C=O) groups excluding carboxylic acids is 2. The molecule has 0 aromatic heterocycles. The summed E-state index contributed by atoms with van der Waals surface area (Å²) in [5, 5.41) is 56.5. The van der Waals surface area contributed by atoms with Gasteiger partial charge in [0, 0.05) is 30.0 Å². The number of hydrogen-bond acceptors (Lipinski definition) is 9. The highest BCUT2D eigenvalue weighted by molar-refractivity contribution is 6.30. The summed E-state index contributed by atoms with van der Waals surface area (Å²) in [6, 6.07) is 4.48. The van der Waals surface area contributed by atoms with Gasteiger partial charge >= 0.3 is 5.97 Å². The molecule has 0 unspecified atom stereocenters. The van der Waals surface area contributed by atoms with Gasteiger partial charge in [0.25, 0.3) is 11.7 Å². The van der Waals surface area contributed by atoms with Crippen molar-refractivity contribution in [3.63, 3.8) is 0 Å². The van der Waals surface area contributed by atoms with E-state index < -0.39 is 73.6 Å². The van der Waals surface area contributed by atoms with Gasteiger partial charge in [-0.05, 0) is 37.1 Å². The highest BCUT2D eigenvalue weighted by Crippen LogP contribution is 2.34. The summed E-state index contributed by atoms with van der Waals surface area (Å²) in [6.45, 7) is -1.49. The second-order valence-electron chi connectivity index (χ2n) is 9.16. The number of terminal acetylenes is 1. The molecule has 1 aromatic rings. The minimum atomic E-state index is -2.39. The molecule has 0 bridgehead atoms. The van der Waals surface area contributed by atoms with Crippen molar-refractivity contribution in [1.82, 2.24) is 10.6 Å². The van der Waals surface area contributed by atoms with Gasteiger partial charge in [-0.3, -0.25) is 9.59 Å². The second-order valence-corrected chi connectivity index (χ2v) is 9.59. The maximum atomic E-state index is 12.4. The number of aliphatic hydroxyl groups excluding tert-OH is 4. The number of ether oxygens (including phenoxy) is 2. The van der Waals surface area contributed by atoms with Crippen LogP contribution in [0.1, 0.15) is 48.9 Å². The molecule has 0 saturated carbocycles. The number of unbranched alkanes of at least 4 members (excludes halogenated alkanes) is 4. The average Bonchev–Trinajstić information content (AvgIpc) is 2.91. The topological polar surface area (TPSA) is 195 Å². The van der Waals surface area contributed by atoms with Gasteiger partial charge in [0.15, 0.2) is 0 Å². The molecule has 1 aliphatic rings. The molecule has 0 spiro atoms. The molecule has 1 fully saturated rings. The van der Waals surface area contributed by atoms with Gasteiger partial charge < -0.3 is 45.6 Å². The molecule has 1 aromatic carbocycles. The number of amides is 2. The number of halogens is 1. The number of carboxylic acid groups (broad SMARTS) is 1. The fraction of sp³-hybridized carbons (Fsp3) is 0.577. The van der Waals surface area contributed by atoms with Crippen LogP contribution in [0.4, 0.5) is 0 Å². The summed E-state index contributed by atoms with van der Waals surface area (Å²) in [4.78, 5) is 36.5. The van der Waals surface area contributed by atoms with E-state index in [0.717, 1.165) is 12.8 Å². The largest absolute Gasteiger partial charge is 0.477 e. The first-order valence-electron chi connectivity index (χ1n) is 12.5. The predicted molar refractivity (Wildman–Crippen MR) is 139 cm³/mol. The fourth-order valence-electron chi connectivity index (χ4n) is 4.11. The smallest absolute Gasteiger partial charge is 0.364 e. The minimum Gasteiger partial charge on any atom is -0.477 e. The van der Waals surface area contributed by atoms with Crippen LogP contribution in [0.15, 0.2) is 24.3 Å². The number of hydrogen-bond donors (Lipinski definition) is 7. The Morgan fingerprint density at radius 1 is 1.18 bits per heavy atom. The lowest BCUT2D eigenvalue weighted by molar-refractivity contribution is -0.310. The summed E-state index contributed by atoms with van der Waals surface area (Å²) in [5.74, 6) is -2.95. The van der Waals surface area contributed by atoms with E-state index in [1.54, 1.807) is 0 Å². The van der Waals surface area contributed by atoms with Crippen LogP contribution in [-0.2, 0) is 19.1 Å². The molecule has 6 atom stereocenters. The van der Waals surface area contributed by atoms with Crippen molar-refractivity contribution >= 4 is 29.4 Å². The molecule has 12 nitrogen and oxygen atoms in total. The summed E-state index contributed by atoms with van der Waals surface area (Å²) >= 11 is 5.81. The van der Waals surface area contributed by atoms with Crippen LogP contribution in [0.25, 0.3) is 0 Å². The van der Waals surface area contributed by atoms with Crippen LogP contribution >= 0.6 is 11.6 Å². The van der Waals surface area contributed by atoms with Crippen LogP contribution in [0.2, 0.25) is 5.02 Å². The zero-order chi connectivity index (χ0) is 29.0. The van der Waals surface area contributed by atoms with E-state index in [9.17, 15) is 34.8 Å². The third-order valence-corrected chi connectivity index (χ3v) is 6.48. The van der Waals surface area contributed by atoms with Crippen molar-refractivity contribution < 1.29 is 49.4 Å². The highest BCUT2D eigenvalue weighted by Gasteiger charge is 2.55. The van der Waals surface area contributed by atoms with Crippen LogP contribution < -0.4 is 10.6 Å². The summed E-state index contributed by atoms with van der Waals surface area (Å²) in [6.07, 6.45) is 1.11. The maximum Gasteiger partial charge on any atom is 0.364 e. The number of nitrogens with one attached hydrogen (secondary N) is 2. The van der Waals surface area contributed by atoms with Crippen LogP contribution in [0.3, 0.4) is 0 Å². The van der Waals surface area contributed by atoms with Crippen molar-refractivity contribution in [3.8, 4) is 12.3 Å². The predicted octanol–water partition coefficient (Wildman–Crippen LogP) is -0.200. The van der Waals surface area contributed by atoms with Crippen molar-refractivity contribution in [2.75, 3.05) is 19.8 Å². The van der Waals surface area contributed by atoms with E-state index >= 15 is 0 Å². The van der Waals surface area contributed by atoms with Crippen molar-refractivity contribution in [1.29, 1.82) is 0 Å². The maximum absolute atomic E-state index is 12.4. The van der Waals surface area contributed by atoms with Crippen molar-refractivity contribution in [3.05, 3.63) is 34.9 Å². The molecule has 0 aliphatic carbocycles. The summed E-state index contributed by atoms with van der Waals surface area (Å²) < 4.78 is 11.2. The Bertz CT molecular complexity index is 1000. The van der Waals surface area contributed by atoms with E-state index in [4.69, 9.17) is 32.6 Å². The van der Waals surface area contributed by atoms with Gasteiger partial charge in [0.1, 0.15) is 18.8 Å². The van der Waals surface area contributed by atoms with E-state index in [2.05, 4.69) is 16.6 Å². The lowest BCUT2D eigenvalue weighted by Gasteiger charge is -2.46. The SMILES string of the molecule is C#CCCCCCCO[C@]1(C(=O)O)C[C@H](O)[C@@H](NC(=O)CO)[C@H]([C@H](O)[C@H](O)CNC(=O)c2ccc(Cl)cc2)O1. The van der Waals surface area contributed by atoms with Crippen molar-refractivity contribution in [2.24, 2.45) is 0 Å². The Balaban J connectivity index is 2.14. The number of carbonyl (C=O) groups is 3. The van der Waals surface area contributed by atoms with Crippen molar-refractivity contribution in [2.45, 2.75) is 74.8 Å². The summed E-state index contributed by atoms with van der Waals surface area (Å²) in [7, 11) is 0. The summed E-state index contributed by atoms with van der Waals surface area (Å²) in [5.41, 5.74) is 0.232. The quantitative estimate of drug-likeness (QED) is 0.110.